The van der Waals surface area contributed by atoms with Gasteiger partial charge >= 0.3 is 0 Å². The van der Waals surface area contributed by atoms with E-state index in [0.29, 0.717) is 17.4 Å². The van der Waals surface area contributed by atoms with E-state index < -0.39 is 0 Å². The number of fused-ring (bicyclic) bond motifs is 1. The van der Waals surface area contributed by atoms with E-state index in [2.05, 4.69) is 15.4 Å². The molecule has 0 unspecified atom stereocenters. The molecule has 24 heavy (non-hydrogen) atoms. The molecule has 3 aromatic rings. The summed E-state index contributed by atoms with van der Waals surface area (Å²) in [5.41, 5.74) is 2.12. The smallest absolute Gasteiger partial charge is 0.277 e. The fourth-order valence-electron chi connectivity index (χ4n) is 2.53. The molecule has 1 amide bonds. The lowest BCUT2D eigenvalue weighted by molar-refractivity contribution is 0.102. The third-order valence-corrected chi connectivity index (χ3v) is 4.48. The normalized spacial score (nSPS) is 11.2. The lowest BCUT2D eigenvalue weighted by atomic mass is 10.3. The highest BCUT2D eigenvalue weighted by molar-refractivity contribution is 7.22. The van der Waals surface area contributed by atoms with Crippen molar-refractivity contribution in [2.24, 2.45) is 0 Å². The third kappa shape index (κ3) is 3.12. The molecule has 0 aliphatic carbocycles. The zero-order valence-electron chi connectivity index (χ0n) is 14.2. The van der Waals surface area contributed by atoms with Gasteiger partial charge in [0.1, 0.15) is 11.3 Å². The van der Waals surface area contributed by atoms with Crippen molar-refractivity contribution < 1.29 is 9.53 Å². The topological polar surface area (TPSA) is 69.0 Å². The lowest BCUT2D eigenvalue weighted by Crippen LogP contribution is -2.13. The zero-order chi connectivity index (χ0) is 17.3. The number of ether oxygens (including phenoxy) is 1. The quantitative estimate of drug-likeness (QED) is 0.758. The van der Waals surface area contributed by atoms with E-state index in [-0.39, 0.29) is 11.9 Å². The molecular weight excluding hydrogens is 324 g/mol. The summed E-state index contributed by atoms with van der Waals surface area (Å²) in [4.78, 5) is 16.9. The predicted octanol–water partition coefficient (Wildman–Crippen LogP) is 4.03. The summed E-state index contributed by atoms with van der Waals surface area (Å²) in [6.07, 6.45) is 0. The minimum atomic E-state index is -0.255. The van der Waals surface area contributed by atoms with Gasteiger partial charge in [-0.05, 0) is 45.9 Å². The lowest BCUT2D eigenvalue weighted by Gasteiger charge is -2.06. The molecular formula is C17H20N4O2S. The van der Waals surface area contributed by atoms with Crippen LogP contribution < -0.4 is 10.1 Å². The fraction of sp³-hybridized carbons (Fsp3) is 0.353. The predicted molar refractivity (Wildman–Crippen MR) is 96.1 cm³/mol. The highest BCUT2D eigenvalue weighted by Crippen LogP contribution is 2.32. The van der Waals surface area contributed by atoms with Gasteiger partial charge in [-0.1, -0.05) is 17.4 Å². The highest BCUT2D eigenvalue weighted by atomic mass is 32.1. The van der Waals surface area contributed by atoms with Crippen LogP contribution in [0.15, 0.2) is 24.3 Å². The number of para-hydroxylation sites is 1. The first-order chi connectivity index (χ1) is 11.5. The number of anilines is 1. The first kappa shape index (κ1) is 16.4. The van der Waals surface area contributed by atoms with Gasteiger partial charge in [-0.15, -0.1) is 0 Å². The Morgan fingerprint density at radius 3 is 2.88 bits per heavy atom. The third-order valence-electron chi connectivity index (χ3n) is 3.55. The number of aryl methyl sites for hydroxylation is 1. The van der Waals surface area contributed by atoms with Crippen molar-refractivity contribution >= 4 is 32.6 Å². The van der Waals surface area contributed by atoms with Crippen LogP contribution in [-0.4, -0.2) is 27.3 Å². The van der Waals surface area contributed by atoms with Gasteiger partial charge < -0.3 is 4.74 Å². The van der Waals surface area contributed by atoms with Crippen LogP contribution in [0.1, 0.15) is 43.0 Å². The Bertz CT molecular complexity index is 882. The Kier molecular flexibility index (Phi) is 4.53. The number of carbonyl (C=O) groups excluding carboxylic acids is 1. The van der Waals surface area contributed by atoms with Crippen molar-refractivity contribution in [2.75, 3.05) is 11.9 Å². The number of nitrogens with one attached hydrogen (secondary N) is 1. The maximum absolute atomic E-state index is 12.4. The minimum absolute atomic E-state index is 0.211. The van der Waals surface area contributed by atoms with E-state index in [0.717, 1.165) is 21.7 Å². The van der Waals surface area contributed by atoms with Crippen LogP contribution in [0.25, 0.3) is 10.2 Å². The van der Waals surface area contributed by atoms with Crippen LogP contribution in [0.3, 0.4) is 0 Å². The summed E-state index contributed by atoms with van der Waals surface area (Å²) in [5.74, 6) is 0.473. The van der Waals surface area contributed by atoms with E-state index >= 15 is 0 Å². The molecule has 0 bridgehead atoms. The number of amides is 1. The van der Waals surface area contributed by atoms with Gasteiger partial charge in [0.2, 0.25) is 0 Å². The van der Waals surface area contributed by atoms with E-state index in [9.17, 15) is 4.79 Å². The maximum atomic E-state index is 12.4. The summed E-state index contributed by atoms with van der Waals surface area (Å²) in [6.45, 7) is 8.51. The van der Waals surface area contributed by atoms with Gasteiger partial charge in [0, 0.05) is 11.7 Å². The Balaban J connectivity index is 1.85. The summed E-state index contributed by atoms with van der Waals surface area (Å²) < 4.78 is 8.39. The highest BCUT2D eigenvalue weighted by Gasteiger charge is 2.16. The monoisotopic (exact) mass is 344 g/mol. The van der Waals surface area contributed by atoms with Crippen molar-refractivity contribution in [3.63, 3.8) is 0 Å². The van der Waals surface area contributed by atoms with E-state index in [1.54, 1.807) is 6.07 Å². The van der Waals surface area contributed by atoms with Gasteiger partial charge in [0.15, 0.2) is 10.8 Å². The molecule has 0 fully saturated rings. The number of hydrogen-bond acceptors (Lipinski definition) is 5. The first-order valence-electron chi connectivity index (χ1n) is 7.89. The maximum Gasteiger partial charge on any atom is 0.277 e. The Morgan fingerprint density at radius 1 is 1.42 bits per heavy atom. The van der Waals surface area contributed by atoms with Crippen molar-refractivity contribution in [3.05, 3.63) is 35.7 Å². The van der Waals surface area contributed by atoms with Crippen molar-refractivity contribution in [1.82, 2.24) is 14.8 Å². The molecule has 7 heteroatoms. The van der Waals surface area contributed by atoms with Crippen LogP contribution in [-0.2, 0) is 0 Å². The Hall–Kier alpha value is -2.41. The first-order valence-corrected chi connectivity index (χ1v) is 8.71. The second kappa shape index (κ2) is 6.60. The van der Waals surface area contributed by atoms with Crippen molar-refractivity contribution in [2.45, 2.75) is 33.7 Å². The Labute approximate surface area is 144 Å². The number of carbonyl (C=O) groups is 1. The van der Waals surface area contributed by atoms with Crippen LogP contribution in [0.4, 0.5) is 5.13 Å². The molecule has 2 heterocycles. The molecule has 0 spiro atoms. The molecule has 126 valence electrons. The molecule has 2 aromatic heterocycles. The van der Waals surface area contributed by atoms with Crippen LogP contribution >= 0.6 is 11.3 Å². The van der Waals surface area contributed by atoms with Gasteiger partial charge in [-0.3, -0.25) is 14.8 Å². The molecule has 0 saturated carbocycles. The van der Waals surface area contributed by atoms with Gasteiger partial charge in [0.25, 0.3) is 5.91 Å². The number of nitrogens with zero attached hydrogens (tertiary/aromatic N) is 3. The second-order valence-corrected chi connectivity index (χ2v) is 6.75. The molecule has 1 N–H and O–H groups in total. The molecule has 3 rings (SSSR count). The second-order valence-electron chi connectivity index (χ2n) is 5.72. The standard InChI is InChI=1S/C17H20N4O2S/c1-5-23-13-7-6-8-14-15(13)18-17(24-14)19-16(22)12-9-11(4)21(20-12)10(2)3/h6-10H,5H2,1-4H3,(H,18,19,22). The number of thiazole rings is 1. The van der Waals surface area contributed by atoms with E-state index in [1.807, 2.05) is 50.6 Å². The van der Waals surface area contributed by atoms with Gasteiger partial charge in [-0.2, -0.15) is 5.10 Å². The zero-order valence-corrected chi connectivity index (χ0v) is 15.0. The molecule has 0 aliphatic heterocycles. The Morgan fingerprint density at radius 2 is 2.21 bits per heavy atom. The average molecular weight is 344 g/mol. The fourth-order valence-corrected chi connectivity index (χ4v) is 3.41. The number of rotatable bonds is 5. The molecule has 0 atom stereocenters. The van der Waals surface area contributed by atoms with Gasteiger partial charge in [-0.25, -0.2) is 4.98 Å². The van der Waals surface area contributed by atoms with E-state index in [4.69, 9.17) is 4.74 Å². The average Bonchev–Trinajstić information content (AvgIpc) is 3.11. The van der Waals surface area contributed by atoms with Crippen molar-refractivity contribution in [3.8, 4) is 5.75 Å². The summed E-state index contributed by atoms with van der Waals surface area (Å²) in [6, 6.07) is 7.76. The van der Waals surface area contributed by atoms with Crippen LogP contribution in [0, 0.1) is 6.92 Å². The minimum Gasteiger partial charge on any atom is -0.492 e. The van der Waals surface area contributed by atoms with E-state index in [1.165, 1.54) is 11.3 Å². The molecule has 1 aromatic carbocycles. The SMILES string of the molecule is CCOc1cccc2sc(NC(=O)c3cc(C)n(C(C)C)n3)nc12. The number of aromatic nitrogens is 3. The summed E-state index contributed by atoms with van der Waals surface area (Å²) in [5, 5.41) is 7.74. The summed E-state index contributed by atoms with van der Waals surface area (Å²) >= 11 is 1.42. The van der Waals surface area contributed by atoms with Crippen LogP contribution in [0.5, 0.6) is 5.75 Å². The molecule has 6 nitrogen and oxygen atoms in total. The summed E-state index contributed by atoms with van der Waals surface area (Å²) in [7, 11) is 0. The van der Waals surface area contributed by atoms with Crippen LogP contribution in [0.2, 0.25) is 0 Å². The number of hydrogen-bond donors (Lipinski definition) is 1. The van der Waals surface area contributed by atoms with Gasteiger partial charge in [0.05, 0.1) is 11.3 Å². The van der Waals surface area contributed by atoms with Crippen molar-refractivity contribution in [1.29, 1.82) is 0 Å². The number of benzene rings is 1. The molecule has 0 saturated heterocycles. The molecule has 0 aliphatic rings. The largest absolute Gasteiger partial charge is 0.492 e. The molecule has 0 radical (unpaired) electrons.